The zero-order chi connectivity index (χ0) is 14.9. The van der Waals surface area contributed by atoms with Gasteiger partial charge in [0.15, 0.2) is 0 Å². The number of hydrogen-bond acceptors (Lipinski definition) is 3. The monoisotopic (exact) mass is 349 g/mol. The van der Waals surface area contributed by atoms with Crippen molar-refractivity contribution >= 4 is 46.1 Å². The molecule has 0 saturated carbocycles. The quantitative estimate of drug-likeness (QED) is 0.832. The van der Waals surface area contributed by atoms with Crippen LogP contribution in [0.2, 0.25) is 15.1 Å². The molecule has 2 unspecified atom stereocenters. The van der Waals surface area contributed by atoms with E-state index in [1.54, 1.807) is 18.2 Å². The van der Waals surface area contributed by atoms with Gasteiger partial charge in [0.1, 0.15) is 0 Å². The molecular weight excluding hydrogens is 337 g/mol. The SMILES string of the molecule is Cc1csc(C(O)C(CN)c2c(Cl)cccc2Cl)c1Cl. The number of aliphatic hydroxyl groups is 1. The van der Waals surface area contributed by atoms with Crippen LogP contribution in [0.15, 0.2) is 23.6 Å². The second kappa shape index (κ2) is 6.65. The maximum Gasteiger partial charge on any atom is 0.0978 e. The molecule has 0 bridgehead atoms. The predicted octanol–water partition coefficient (Wildman–Crippen LogP) is 4.79. The van der Waals surface area contributed by atoms with Gasteiger partial charge in [0.25, 0.3) is 0 Å². The third kappa shape index (κ3) is 2.98. The molecule has 0 saturated heterocycles. The van der Waals surface area contributed by atoms with Crippen LogP contribution in [0, 0.1) is 6.92 Å². The normalized spacial score (nSPS) is 14.3. The van der Waals surface area contributed by atoms with Crippen molar-refractivity contribution in [1.82, 2.24) is 0 Å². The Bertz CT molecular complexity index is 594. The minimum absolute atomic E-state index is 0.220. The molecule has 0 radical (unpaired) electrons. The van der Waals surface area contributed by atoms with E-state index in [1.807, 2.05) is 12.3 Å². The van der Waals surface area contributed by atoms with Crippen molar-refractivity contribution in [2.45, 2.75) is 18.9 Å². The molecule has 2 rings (SSSR count). The Morgan fingerprint density at radius 1 is 1.25 bits per heavy atom. The first-order valence-electron chi connectivity index (χ1n) is 6.02. The van der Waals surface area contributed by atoms with Crippen LogP contribution in [0.1, 0.15) is 28.0 Å². The van der Waals surface area contributed by atoms with Crippen molar-refractivity contribution in [3.63, 3.8) is 0 Å². The molecule has 0 aliphatic heterocycles. The Labute approximate surface area is 137 Å². The summed E-state index contributed by atoms with van der Waals surface area (Å²) in [6.45, 7) is 2.12. The summed E-state index contributed by atoms with van der Waals surface area (Å²) in [5.41, 5.74) is 7.42. The summed E-state index contributed by atoms with van der Waals surface area (Å²) in [5.74, 6) is -0.397. The van der Waals surface area contributed by atoms with E-state index in [2.05, 4.69) is 0 Å². The van der Waals surface area contributed by atoms with Gasteiger partial charge in [0, 0.05) is 22.5 Å². The fraction of sp³-hybridized carbons (Fsp3) is 0.286. The van der Waals surface area contributed by atoms with Crippen molar-refractivity contribution < 1.29 is 5.11 Å². The molecule has 0 amide bonds. The molecule has 0 aliphatic carbocycles. The maximum absolute atomic E-state index is 10.6. The van der Waals surface area contributed by atoms with Gasteiger partial charge in [-0.2, -0.15) is 0 Å². The lowest BCUT2D eigenvalue weighted by Gasteiger charge is -2.23. The van der Waals surface area contributed by atoms with Gasteiger partial charge in [-0.1, -0.05) is 40.9 Å². The average Bonchev–Trinajstić information content (AvgIpc) is 2.74. The molecule has 1 aromatic carbocycles. The second-order valence-electron chi connectivity index (χ2n) is 4.52. The Kier molecular flexibility index (Phi) is 5.35. The van der Waals surface area contributed by atoms with Crippen LogP contribution in [-0.4, -0.2) is 11.7 Å². The highest BCUT2D eigenvalue weighted by molar-refractivity contribution is 7.10. The Balaban J connectivity index is 2.45. The number of halogens is 3. The van der Waals surface area contributed by atoms with Gasteiger partial charge in [0.05, 0.1) is 16.0 Å². The average molecular weight is 351 g/mol. The molecule has 1 aromatic heterocycles. The molecule has 2 aromatic rings. The number of rotatable bonds is 4. The first kappa shape index (κ1) is 16.1. The number of benzene rings is 1. The summed E-state index contributed by atoms with van der Waals surface area (Å²) in [6, 6.07) is 5.23. The molecule has 2 nitrogen and oxygen atoms in total. The van der Waals surface area contributed by atoms with Crippen molar-refractivity contribution in [3.05, 3.63) is 54.7 Å². The Morgan fingerprint density at radius 3 is 2.30 bits per heavy atom. The number of aliphatic hydroxyl groups excluding tert-OH is 1. The molecule has 0 fully saturated rings. The van der Waals surface area contributed by atoms with Crippen LogP contribution < -0.4 is 5.73 Å². The number of nitrogens with two attached hydrogens (primary N) is 1. The molecule has 3 N–H and O–H groups in total. The van der Waals surface area contributed by atoms with E-state index in [0.717, 1.165) is 5.56 Å². The second-order valence-corrected chi connectivity index (χ2v) is 6.62. The van der Waals surface area contributed by atoms with E-state index < -0.39 is 12.0 Å². The lowest BCUT2D eigenvalue weighted by molar-refractivity contribution is 0.151. The predicted molar refractivity (Wildman–Crippen MR) is 87.3 cm³/mol. The highest BCUT2D eigenvalue weighted by atomic mass is 35.5. The van der Waals surface area contributed by atoms with Gasteiger partial charge in [-0.15, -0.1) is 11.3 Å². The number of thiophene rings is 1. The van der Waals surface area contributed by atoms with E-state index in [9.17, 15) is 5.11 Å². The van der Waals surface area contributed by atoms with Crippen molar-refractivity contribution in [2.75, 3.05) is 6.54 Å². The van der Waals surface area contributed by atoms with Gasteiger partial charge in [-0.05, 0) is 35.6 Å². The van der Waals surface area contributed by atoms with Gasteiger partial charge < -0.3 is 10.8 Å². The fourth-order valence-corrected chi connectivity index (χ4v) is 4.13. The summed E-state index contributed by atoms with van der Waals surface area (Å²) < 4.78 is 0. The van der Waals surface area contributed by atoms with Crippen LogP contribution in [0.5, 0.6) is 0 Å². The summed E-state index contributed by atoms with van der Waals surface area (Å²) >= 11 is 20.0. The Hall–Kier alpha value is -0.290. The van der Waals surface area contributed by atoms with Crippen molar-refractivity contribution in [2.24, 2.45) is 5.73 Å². The molecule has 0 aliphatic rings. The lowest BCUT2D eigenvalue weighted by atomic mass is 9.92. The molecule has 108 valence electrons. The van der Waals surface area contributed by atoms with Crippen molar-refractivity contribution in [3.8, 4) is 0 Å². The van der Waals surface area contributed by atoms with Gasteiger partial charge in [-0.25, -0.2) is 0 Å². The zero-order valence-corrected chi connectivity index (χ0v) is 13.8. The van der Waals surface area contributed by atoms with E-state index in [4.69, 9.17) is 40.5 Å². The third-order valence-corrected chi connectivity index (χ3v) is 5.64. The highest BCUT2D eigenvalue weighted by Gasteiger charge is 2.28. The van der Waals surface area contributed by atoms with Gasteiger partial charge in [-0.3, -0.25) is 0 Å². The molecule has 2 atom stereocenters. The number of aryl methyl sites for hydroxylation is 1. The smallest absolute Gasteiger partial charge is 0.0978 e. The molecule has 0 spiro atoms. The summed E-state index contributed by atoms with van der Waals surface area (Å²) in [7, 11) is 0. The van der Waals surface area contributed by atoms with E-state index in [0.29, 0.717) is 25.5 Å². The minimum atomic E-state index is -0.830. The first-order valence-corrected chi connectivity index (χ1v) is 8.04. The first-order chi connectivity index (χ1) is 9.47. The Morgan fingerprint density at radius 2 is 1.85 bits per heavy atom. The standard InChI is InChI=1S/C14H14Cl3NOS/c1-7-6-20-14(12(7)17)13(19)8(5-18)11-9(15)3-2-4-10(11)16/h2-4,6,8,13,19H,5,18H2,1H3. The summed E-state index contributed by atoms with van der Waals surface area (Å²) in [5, 5.41) is 14.1. The van der Waals surface area contributed by atoms with E-state index >= 15 is 0 Å². The summed E-state index contributed by atoms with van der Waals surface area (Å²) in [6.07, 6.45) is -0.830. The lowest BCUT2D eigenvalue weighted by Crippen LogP contribution is -2.20. The topological polar surface area (TPSA) is 46.2 Å². The van der Waals surface area contributed by atoms with E-state index in [1.165, 1.54) is 11.3 Å². The molecule has 20 heavy (non-hydrogen) atoms. The highest BCUT2D eigenvalue weighted by Crippen LogP contribution is 2.42. The maximum atomic E-state index is 10.6. The van der Waals surface area contributed by atoms with Crippen LogP contribution in [0.4, 0.5) is 0 Å². The minimum Gasteiger partial charge on any atom is -0.387 e. The van der Waals surface area contributed by atoms with Crippen LogP contribution in [0.25, 0.3) is 0 Å². The van der Waals surface area contributed by atoms with E-state index in [-0.39, 0.29) is 6.54 Å². The largest absolute Gasteiger partial charge is 0.387 e. The molecule has 6 heteroatoms. The third-order valence-electron chi connectivity index (χ3n) is 3.20. The van der Waals surface area contributed by atoms with Crippen LogP contribution in [-0.2, 0) is 0 Å². The molecule has 1 heterocycles. The van der Waals surface area contributed by atoms with Crippen LogP contribution in [0.3, 0.4) is 0 Å². The fourth-order valence-electron chi connectivity index (χ4n) is 2.10. The molecular formula is C14H14Cl3NOS. The zero-order valence-electron chi connectivity index (χ0n) is 10.7. The van der Waals surface area contributed by atoms with Crippen LogP contribution >= 0.6 is 46.1 Å². The van der Waals surface area contributed by atoms with Gasteiger partial charge >= 0.3 is 0 Å². The summed E-state index contributed by atoms with van der Waals surface area (Å²) in [4.78, 5) is 0.690. The number of hydrogen-bond donors (Lipinski definition) is 2. The van der Waals surface area contributed by atoms with Crippen molar-refractivity contribution in [1.29, 1.82) is 0 Å². The van der Waals surface area contributed by atoms with Gasteiger partial charge in [0.2, 0.25) is 0 Å².